The van der Waals surface area contributed by atoms with Crippen molar-refractivity contribution in [1.29, 1.82) is 0 Å². The Labute approximate surface area is 103 Å². The maximum atomic E-state index is 12.6. The lowest BCUT2D eigenvalue weighted by Gasteiger charge is -2.16. The molecule has 0 unspecified atom stereocenters. The number of anilines is 1. The summed E-state index contributed by atoms with van der Waals surface area (Å²) < 4.78 is 25.2. The molecule has 94 valence electrons. The molecule has 7 heteroatoms. The van der Waals surface area contributed by atoms with Crippen molar-refractivity contribution < 1.29 is 8.78 Å². The minimum Gasteiger partial charge on any atom is -0.400 e. The van der Waals surface area contributed by atoms with Crippen molar-refractivity contribution >= 4 is 17.3 Å². The predicted octanol–water partition coefficient (Wildman–Crippen LogP) is 1.72. The Morgan fingerprint density at radius 2 is 2.12 bits per heavy atom. The van der Waals surface area contributed by atoms with Crippen LogP contribution in [0.2, 0.25) is 5.02 Å². The summed E-state index contributed by atoms with van der Waals surface area (Å²) in [4.78, 5) is 0. The van der Waals surface area contributed by atoms with Crippen LogP contribution in [0.4, 0.5) is 14.5 Å². The number of nitrogens with zero attached hydrogens (tertiary/aromatic N) is 1. The Kier molecular flexibility index (Phi) is 4.68. The van der Waals surface area contributed by atoms with Crippen molar-refractivity contribution in [3.8, 4) is 0 Å². The van der Waals surface area contributed by atoms with Gasteiger partial charge in [-0.05, 0) is 18.2 Å². The number of nitrogens with two attached hydrogens (primary N) is 3. The third-order valence-corrected chi connectivity index (χ3v) is 2.40. The highest BCUT2D eigenvalue weighted by Gasteiger charge is 2.13. The van der Waals surface area contributed by atoms with E-state index in [0.717, 1.165) is 5.01 Å². The number of halogens is 3. The highest BCUT2D eigenvalue weighted by Crippen LogP contribution is 2.30. The lowest BCUT2D eigenvalue weighted by molar-refractivity contribution is 0.151. The molecule has 0 amide bonds. The van der Waals surface area contributed by atoms with Crippen LogP contribution in [0.5, 0.6) is 0 Å². The number of hydrazine groups is 1. The maximum Gasteiger partial charge on any atom is 0.265 e. The molecule has 1 aromatic carbocycles. The minimum absolute atomic E-state index is 0.00655. The van der Waals surface area contributed by atoms with Gasteiger partial charge < -0.3 is 11.5 Å². The molecule has 1 aromatic rings. The van der Waals surface area contributed by atoms with Crippen LogP contribution in [0.25, 0.3) is 0 Å². The van der Waals surface area contributed by atoms with Crippen molar-refractivity contribution in [3.63, 3.8) is 0 Å². The van der Waals surface area contributed by atoms with E-state index < -0.39 is 6.43 Å². The van der Waals surface area contributed by atoms with E-state index in [9.17, 15) is 8.78 Å². The van der Waals surface area contributed by atoms with Gasteiger partial charge in [0.1, 0.15) is 0 Å². The molecule has 0 aliphatic rings. The van der Waals surface area contributed by atoms with Crippen molar-refractivity contribution in [1.82, 2.24) is 0 Å². The summed E-state index contributed by atoms with van der Waals surface area (Å²) in [6, 6.07) is 4.06. The Balaban J connectivity index is 3.03. The van der Waals surface area contributed by atoms with Crippen LogP contribution in [0.3, 0.4) is 0 Å². The van der Waals surface area contributed by atoms with Gasteiger partial charge in [0, 0.05) is 29.0 Å². The lowest BCUT2D eigenvalue weighted by Crippen LogP contribution is -2.27. The van der Waals surface area contributed by atoms with Crippen LogP contribution in [0.15, 0.2) is 30.1 Å². The zero-order chi connectivity index (χ0) is 13.0. The maximum absolute atomic E-state index is 12.6. The molecule has 0 saturated heterocycles. The molecular formula is C10H13ClF2N4. The summed E-state index contributed by atoms with van der Waals surface area (Å²) in [6.45, 7) is 0.128. The van der Waals surface area contributed by atoms with E-state index in [1.807, 2.05) is 0 Å². The summed E-state index contributed by atoms with van der Waals surface area (Å²) >= 11 is 5.63. The van der Waals surface area contributed by atoms with Crippen LogP contribution in [-0.2, 0) is 0 Å². The summed E-state index contributed by atoms with van der Waals surface area (Å²) in [5.41, 5.74) is 11.2. The van der Waals surface area contributed by atoms with Gasteiger partial charge in [-0.1, -0.05) is 11.6 Å². The SMILES string of the molecule is NC/C(N)=C/N(N)c1ccc(Cl)c(C(F)F)c1. The molecule has 0 aliphatic carbocycles. The van der Waals surface area contributed by atoms with Gasteiger partial charge in [-0.2, -0.15) is 0 Å². The quantitative estimate of drug-likeness (QED) is 0.570. The van der Waals surface area contributed by atoms with Crippen LogP contribution in [-0.4, -0.2) is 6.54 Å². The van der Waals surface area contributed by atoms with Gasteiger partial charge in [-0.3, -0.25) is 5.01 Å². The van der Waals surface area contributed by atoms with Crippen LogP contribution in [0, 0.1) is 0 Å². The smallest absolute Gasteiger partial charge is 0.265 e. The Hall–Kier alpha value is -1.37. The number of hydrogen-bond donors (Lipinski definition) is 3. The first-order valence-corrected chi connectivity index (χ1v) is 5.11. The fraction of sp³-hybridized carbons (Fsp3) is 0.200. The molecule has 0 saturated carbocycles. The van der Waals surface area contributed by atoms with Crippen LogP contribution >= 0.6 is 11.6 Å². The van der Waals surface area contributed by atoms with Gasteiger partial charge >= 0.3 is 0 Å². The molecule has 0 spiro atoms. The van der Waals surface area contributed by atoms with Gasteiger partial charge in [0.05, 0.1) is 5.69 Å². The van der Waals surface area contributed by atoms with Gasteiger partial charge in [0.15, 0.2) is 0 Å². The number of rotatable bonds is 4. The molecule has 0 bridgehead atoms. The molecule has 0 atom stereocenters. The van der Waals surface area contributed by atoms with Crippen molar-refractivity contribution in [2.24, 2.45) is 17.3 Å². The average Bonchev–Trinajstić information content (AvgIpc) is 2.28. The highest BCUT2D eigenvalue weighted by molar-refractivity contribution is 6.31. The van der Waals surface area contributed by atoms with E-state index in [-0.39, 0.29) is 17.1 Å². The number of alkyl halides is 2. The first kappa shape index (κ1) is 13.7. The van der Waals surface area contributed by atoms with Gasteiger partial charge in [0.2, 0.25) is 0 Å². The second-order valence-electron chi connectivity index (χ2n) is 3.32. The van der Waals surface area contributed by atoms with E-state index in [1.165, 1.54) is 24.4 Å². The highest BCUT2D eigenvalue weighted by atomic mass is 35.5. The third-order valence-electron chi connectivity index (χ3n) is 2.05. The van der Waals surface area contributed by atoms with E-state index >= 15 is 0 Å². The third kappa shape index (κ3) is 3.55. The second kappa shape index (κ2) is 5.81. The first-order chi connectivity index (χ1) is 7.95. The predicted molar refractivity (Wildman–Crippen MR) is 64.4 cm³/mol. The zero-order valence-corrected chi connectivity index (χ0v) is 9.66. The van der Waals surface area contributed by atoms with Gasteiger partial charge in [-0.15, -0.1) is 0 Å². The standard InChI is InChI=1S/C10H13ClF2N4/c11-9-2-1-7(3-8(9)10(12)13)17(16)5-6(15)4-14/h1-3,5,10H,4,14-16H2/b6-5-. The molecule has 0 radical (unpaired) electrons. The van der Waals surface area contributed by atoms with Crippen molar-refractivity contribution in [2.75, 3.05) is 11.6 Å². The average molecular weight is 263 g/mol. The molecule has 6 N–H and O–H groups in total. The van der Waals surface area contributed by atoms with Crippen LogP contribution in [0.1, 0.15) is 12.0 Å². The monoisotopic (exact) mass is 262 g/mol. The van der Waals surface area contributed by atoms with E-state index in [2.05, 4.69) is 0 Å². The lowest BCUT2D eigenvalue weighted by atomic mass is 10.2. The largest absolute Gasteiger partial charge is 0.400 e. The number of benzene rings is 1. The topological polar surface area (TPSA) is 81.3 Å². The van der Waals surface area contributed by atoms with E-state index in [1.54, 1.807) is 0 Å². The number of hydrogen-bond acceptors (Lipinski definition) is 4. The summed E-state index contributed by atoms with van der Waals surface area (Å²) in [6.07, 6.45) is -1.30. The second-order valence-corrected chi connectivity index (χ2v) is 3.73. The van der Waals surface area contributed by atoms with Crippen molar-refractivity contribution in [3.05, 3.63) is 40.7 Å². The fourth-order valence-corrected chi connectivity index (χ4v) is 1.36. The Morgan fingerprint density at radius 3 is 2.65 bits per heavy atom. The van der Waals surface area contributed by atoms with Gasteiger partial charge in [0.25, 0.3) is 6.43 Å². The summed E-state index contributed by atoms with van der Waals surface area (Å²) in [5, 5.41) is 1.11. The van der Waals surface area contributed by atoms with E-state index in [0.29, 0.717) is 11.4 Å². The molecular weight excluding hydrogens is 250 g/mol. The summed E-state index contributed by atoms with van der Waals surface area (Å²) in [7, 11) is 0. The van der Waals surface area contributed by atoms with Crippen molar-refractivity contribution in [2.45, 2.75) is 6.43 Å². The molecule has 1 rings (SSSR count). The Bertz CT molecular complexity index is 423. The normalized spacial score (nSPS) is 12.0. The first-order valence-electron chi connectivity index (χ1n) is 4.73. The Morgan fingerprint density at radius 1 is 1.47 bits per heavy atom. The summed E-state index contributed by atoms with van der Waals surface area (Å²) in [5.74, 6) is 5.62. The fourth-order valence-electron chi connectivity index (χ4n) is 1.16. The molecule has 4 nitrogen and oxygen atoms in total. The molecule has 0 aliphatic heterocycles. The van der Waals surface area contributed by atoms with Gasteiger partial charge in [-0.25, -0.2) is 14.6 Å². The minimum atomic E-state index is -2.66. The molecule has 0 fully saturated rings. The molecule has 0 aromatic heterocycles. The van der Waals surface area contributed by atoms with E-state index in [4.69, 9.17) is 28.9 Å². The molecule has 0 heterocycles. The van der Waals surface area contributed by atoms with Crippen LogP contribution < -0.4 is 22.3 Å². The molecule has 17 heavy (non-hydrogen) atoms. The zero-order valence-electron chi connectivity index (χ0n) is 8.91.